The fourth-order valence-corrected chi connectivity index (χ4v) is 7.19. The highest BCUT2D eigenvalue weighted by Gasteiger charge is 2.64. The lowest BCUT2D eigenvalue weighted by Gasteiger charge is -2.51. The number of ether oxygens (including phenoxy) is 5. The van der Waals surface area contributed by atoms with Crippen LogP contribution >= 0.6 is 0 Å². The Morgan fingerprint density at radius 3 is 2.16 bits per heavy atom. The van der Waals surface area contributed by atoms with Crippen LogP contribution in [0.5, 0.6) is 0 Å². The van der Waals surface area contributed by atoms with Gasteiger partial charge in [0.25, 0.3) is 0 Å². The van der Waals surface area contributed by atoms with E-state index in [1.54, 1.807) is 12.3 Å². The molecule has 2 aromatic carbocycles. The molecule has 1 fully saturated rings. The molecule has 0 bridgehead atoms. The molecule has 2 aliphatic rings. The van der Waals surface area contributed by atoms with Gasteiger partial charge in [0.1, 0.15) is 30.0 Å². The summed E-state index contributed by atoms with van der Waals surface area (Å²) in [6, 6.07) is 12.0. The number of carbonyl (C=O) groups is 1. The Hall–Kier alpha value is -2.57. The Balaban J connectivity index is 1.81. The second-order valence-electron chi connectivity index (χ2n) is 13.3. The van der Waals surface area contributed by atoms with Crippen LogP contribution in [-0.4, -0.2) is 72.0 Å². The largest absolute Gasteiger partial charge is 0.612 e. The van der Waals surface area contributed by atoms with Crippen LogP contribution in [0, 0.1) is 12.1 Å². The minimum Gasteiger partial charge on any atom is -0.612 e. The number of halogens is 1. The summed E-state index contributed by atoms with van der Waals surface area (Å²) in [7, 11) is 0. The van der Waals surface area contributed by atoms with Crippen molar-refractivity contribution in [3.63, 3.8) is 0 Å². The van der Waals surface area contributed by atoms with E-state index in [1.807, 2.05) is 37.3 Å². The molecular formula is C41H56FO8S. The average Bonchev–Trinajstić information content (AvgIpc) is 3.36. The van der Waals surface area contributed by atoms with Crippen molar-refractivity contribution in [2.75, 3.05) is 32.7 Å². The highest BCUT2D eigenvalue weighted by Crippen LogP contribution is 2.48. The van der Waals surface area contributed by atoms with Crippen LogP contribution in [0.15, 0.2) is 52.9 Å². The first-order valence-corrected chi connectivity index (χ1v) is 20.1. The zero-order chi connectivity index (χ0) is 37.0. The SMILES string of the molecule is CCCCCO[C@@H]1[C@@H](CO)O[C](OC2=C(C)C(=Cc3ccc([S+](C)[O-])cc3)c3ccc(F)cc32)[C@H](OCCCCC)[C@]1(OCCCCC)C(C)=O. The van der Waals surface area contributed by atoms with Gasteiger partial charge in [-0.05, 0) is 109 Å². The van der Waals surface area contributed by atoms with Crippen molar-refractivity contribution < 1.29 is 42.5 Å². The van der Waals surface area contributed by atoms with Gasteiger partial charge in [-0.3, -0.25) is 4.79 Å². The first-order chi connectivity index (χ1) is 24.6. The van der Waals surface area contributed by atoms with Crippen LogP contribution < -0.4 is 0 Å². The molecule has 4 rings (SSSR count). The molecule has 1 radical (unpaired) electrons. The Morgan fingerprint density at radius 1 is 0.941 bits per heavy atom. The molecule has 1 unspecified atom stereocenters. The summed E-state index contributed by atoms with van der Waals surface area (Å²) < 4.78 is 59.6. The molecule has 1 heterocycles. The van der Waals surface area contributed by atoms with E-state index in [0.29, 0.717) is 24.5 Å². The number of aliphatic hydroxyl groups is 1. The van der Waals surface area contributed by atoms with Crippen LogP contribution in [-0.2, 0) is 39.7 Å². The van der Waals surface area contributed by atoms with Crippen molar-refractivity contribution in [1.29, 1.82) is 0 Å². The van der Waals surface area contributed by atoms with E-state index in [2.05, 4.69) is 20.8 Å². The lowest BCUT2D eigenvalue weighted by Crippen LogP contribution is -2.70. The lowest BCUT2D eigenvalue weighted by atomic mass is 9.80. The zero-order valence-corrected chi connectivity index (χ0v) is 32.0. The monoisotopic (exact) mass is 727 g/mol. The first-order valence-electron chi connectivity index (χ1n) is 18.5. The zero-order valence-electron chi connectivity index (χ0n) is 31.1. The van der Waals surface area contributed by atoms with E-state index in [1.165, 1.54) is 19.1 Å². The molecule has 10 heteroatoms. The van der Waals surface area contributed by atoms with Crippen molar-refractivity contribution >= 4 is 34.4 Å². The first kappa shape index (κ1) is 41.2. The van der Waals surface area contributed by atoms with E-state index in [-0.39, 0.29) is 18.7 Å². The number of benzene rings is 2. The van der Waals surface area contributed by atoms with Crippen LogP contribution in [0.3, 0.4) is 0 Å². The van der Waals surface area contributed by atoms with Gasteiger partial charge < -0.3 is 33.3 Å². The molecule has 51 heavy (non-hydrogen) atoms. The molecule has 281 valence electrons. The minimum absolute atomic E-state index is 0.0368. The summed E-state index contributed by atoms with van der Waals surface area (Å²) >= 11 is -1.11. The molecule has 1 N–H and O–H groups in total. The van der Waals surface area contributed by atoms with E-state index >= 15 is 0 Å². The molecular weight excluding hydrogens is 672 g/mol. The quantitative estimate of drug-likeness (QED) is 0.101. The number of unbranched alkanes of at least 4 members (excludes halogenated alkanes) is 6. The predicted octanol–water partition coefficient (Wildman–Crippen LogP) is 8.43. The molecule has 8 nitrogen and oxygen atoms in total. The predicted molar refractivity (Wildman–Crippen MR) is 199 cm³/mol. The standard InChI is InChI=1S/C41H56FO8S/c1-7-10-13-22-46-38-36(27-43)49-40(39(47-23-14-11-8-2)41(38,29(5)44)48-24-15-12-9-3)50-37-28(4)34(33-21-18-31(42)26-35(33)37)25-30-16-19-32(20-17-30)51(6)45/h16-21,25-26,36,38-39,43H,7-15,22-24,27H2,1-6H3/t36-,38-,39+,41+,51?/m1/s1. The Kier molecular flexibility index (Phi) is 16.2. The Morgan fingerprint density at radius 2 is 1.57 bits per heavy atom. The molecule has 0 saturated carbocycles. The second-order valence-corrected chi connectivity index (χ2v) is 14.7. The van der Waals surface area contributed by atoms with Crippen molar-refractivity contribution in [3.8, 4) is 0 Å². The van der Waals surface area contributed by atoms with Gasteiger partial charge in [-0.2, -0.15) is 0 Å². The Bertz CT molecular complexity index is 1470. The van der Waals surface area contributed by atoms with Gasteiger partial charge in [-0.1, -0.05) is 65.4 Å². The maximum atomic E-state index is 14.9. The van der Waals surface area contributed by atoms with Crippen molar-refractivity contribution in [2.45, 2.75) is 121 Å². The number of aliphatic hydroxyl groups excluding tert-OH is 1. The second kappa shape index (κ2) is 20.0. The van der Waals surface area contributed by atoms with Gasteiger partial charge in [0.2, 0.25) is 0 Å². The number of rotatable bonds is 21. The van der Waals surface area contributed by atoms with Crippen molar-refractivity contribution in [2.24, 2.45) is 0 Å². The number of ketones is 1. The van der Waals surface area contributed by atoms with Crippen LogP contribution in [0.2, 0.25) is 0 Å². The lowest BCUT2D eigenvalue weighted by molar-refractivity contribution is -0.294. The van der Waals surface area contributed by atoms with Crippen molar-refractivity contribution in [1.82, 2.24) is 0 Å². The summed E-state index contributed by atoms with van der Waals surface area (Å²) in [5.41, 5.74) is 2.00. The third-order valence-corrected chi connectivity index (χ3v) is 10.5. The van der Waals surface area contributed by atoms with Gasteiger partial charge >= 0.3 is 6.29 Å². The normalized spacial score (nSPS) is 23.5. The summed E-state index contributed by atoms with van der Waals surface area (Å²) in [5, 5.41) is 10.7. The van der Waals surface area contributed by atoms with E-state index < -0.39 is 47.5 Å². The maximum absolute atomic E-state index is 14.9. The molecule has 2 aromatic rings. The summed E-state index contributed by atoms with van der Waals surface area (Å²) in [5.74, 6) is -0.406. The number of hydrogen-bond donors (Lipinski definition) is 1. The van der Waals surface area contributed by atoms with Gasteiger partial charge in [0, 0.05) is 25.4 Å². The topological polar surface area (TPSA) is 107 Å². The minimum atomic E-state index is -1.68. The number of carbonyl (C=O) groups excluding carboxylic acids is 1. The maximum Gasteiger partial charge on any atom is 0.310 e. The molecule has 0 spiro atoms. The molecule has 1 saturated heterocycles. The van der Waals surface area contributed by atoms with Gasteiger partial charge in [0.05, 0.1) is 6.61 Å². The smallest absolute Gasteiger partial charge is 0.310 e. The number of hydrogen-bond acceptors (Lipinski definition) is 8. The van der Waals surface area contributed by atoms with E-state index in [4.69, 9.17) is 23.7 Å². The highest BCUT2D eigenvalue weighted by molar-refractivity contribution is 7.90. The molecule has 5 atom stereocenters. The van der Waals surface area contributed by atoms with E-state index in [9.17, 15) is 18.8 Å². The summed E-state index contributed by atoms with van der Waals surface area (Å²) in [4.78, 5) is 14.8. The molecule has 1 aliphatic heterocycles. The van der Waals surface area contributed by atoms with E-state index in [0.717, 1.165) is 85.0 Å². The number of Topliss-reactive ketones (excluding diaryl/α,β-unsaturated/α-hetero) is 1. The molecule has 1 aliphatic carbocycles. The summed E-state index contributed by atoms with van der Waals surface area (Å²) in [6.07, 6.45) is 8.40. The third kappa shape index (κ3) is 9.90. The molecule has 0 aromatic heterocycles. The van der Waals surface area contributed by atoms with Gasteiger partial charge in [0.15, 0.2) is 22.4 Å². The van der Waals surface area contributed by atoms with Crippen LogP contribution in [0.25, 0.3) is 17.4 Å². The van der Waals surface area contributed by atoms with Crippen LogP contribution in [0.4, 0.5) is 4.39 Å². The Labute approximate surface area is 306 Å². The van der Waals surface area contributed by atoms with Gasteiger partial charge in [-0.15, -0.1) is 0 Å². The third-order valence-electron chi connectivity index (χ3n) is 9.51. The van der Waals surface area contributed by atoms with Gasteiger partial charge in [-0.25, -0.2) is 4.39 Å². The average molecular weight is 728 g/mol. The number of allylic oxidation sites excluding steroid dienone is 2. The number of fused-ring (bicyclic) bond motifs is 1. The van der Waals surface area contributed by atoms with Crippen LogP contribution in [0.1, 0.15) is 109 Å². The molecule has 0 amide bonds. The fourth-order valence-electron chi connectivity index (χ4n) is 6.67. The van der Waals surface area contributed by atoms with Crippen molar-refractivity contribution in [3.05, 3.63) is 76.8 Å². The summed E-state index contributed by atoms with van der Waals surface area (Å²) in [6.45, 7) is 10.1. The highest BCUT2D eigenvalue weighted by atomic mass is 32.2. The fraction of sp³-hybridized carbons (Fsp3) is 0.561.